The molecule has 0 aromatic rings. The van der Waals surface area contributed by atoms with Crippen molar-refractivity contribution < 1.29 is 8.42 Å². The van der Waals surface area contributed by atoms with Crippen LogP contribution >= 0.6 is 0 Å². The minimum atomic E-state index is -3.24. The summed E-state index contributed by atoms with van der Waals surface area (Å²) < 4.78 is 20.9. The van der Waals surface area contributed by atoms with E-state index in [1.165, 1.54) is 6.42 Å². The Labute approximate surface area is 61.1 Å². The Morgan fingerprint density at radius 1 is 1.40 bits per heavy atom. The predicted octanol–water partition coefficient (Wildman–Crippen LogP) is -1.02. The quantitative estimate of drug-likeness (QED) is 0.580. The third-order valence-corrected chi connectivity index (χ3v) is 2.39. The van der Waals surface area contributed by atoms with Crippen molar-refractivity contribution in [1.82, 2.24) is 4.90 Å². The second-order valence-corrected chi connectivity index (χ2v) is 4.30. The van der Waals surface area contributed by atoms with Crippen molar-refractivity contribution in [2.24, 2.45) is 5.14 Å². The van der Waals surface area contributed by atoms with Gasteiger partial charge in [0.15, 0.2) is 0 Å². The summed E-state index contributed by atoms with van der Waals surface area (Å²) in [5.41, 5.74) is 0. The van der Waals surface area contributed by atoms with Crippen molar-refractivity contribution in [3.05, 3.63) is 0 Å². The molecule has 1 heterocycles. The number of primary sulfonamides is 1. The molecule has 0 amide bonds. The molecule has 1 saturated heterocycles. The summed E-state index contributed by atoms with van der Waals surface area (Å²) in [4.78, 5) is 2.07. The van der Waals surface area contributed by atoms with E-state index < -0.39 is 10.0 Å². The monoisotopic (exact) mass is 164 g/mol. The van der Waals surface area contributed by atoms with Gasteiger partial charge in [-0.25, -0.2) is 13.6 Å². The van der Waals surface area contributed by atoms with Crippen LogP contribution in [0, 0.1) is 0 Å². The molecule has 1 aliphatic rings. The predicted molar refractivity (Wildman–Crippen MR) is 39.0 cm³/mol. The van der Waals surface area contributed by atoms with Crippen LogP contribution < -0.4 is 5.14 Å². The summed E-state index contributed by atoms with van der Waals surface area (Å²) in [5, 5.41) is 4.81. The Balaban J connectivity index is 2.16. The zero-order chi connectivity index (χ0) is 7.61. The van der Waals surface area contributed by atoms with Gasteiger partial charge in [0.2, 0.25) is 10.0 Å². The van der Waals surface area contributed by atoms with Gasteiger partial charge in [0, 0.05) is 6.54 Å². The molecule has 0 aliphatic carbocycles. The van der Waals surface area contributed by atoms with Crippen LogP contribution in [0.2, 0.25) is 0 Å². The zero-order valence-electron chi connectivity index (χ0n) is 5.78. The first-order valence-corrected chi connectivity index (χ1v) is 5.02. The lowest BCUT2D eigenvalue weighted by molar-refractivity contribution is 0.193. The molecule has 0 saturated carbocycles. The Bertz CT molecular complexity index is 196. The lowest BCUT2D eigenvalue weighted by atomic mass is 10.2. The van der Waals surface area contributed by atoms with Gasteiger partial charge in [0.1, 0.15) is 0 Å². The summed E-state index contributed by atoms with van der Waals surface area (Å²) in [6.45, 7) is 2.64. The number of hydrogen-bond acceptors (Lipinski definition) is 3. The maximum atomic E-state index is 10.4. The standard InChI is InChI=1S/C5H12N2O2S/c6-10(8,9)5-4-7-2-1-3-7/h1-5H2,(H2,6,8,9). The first-order chi connectivity index (χ1) is 4.58. The van der Waals surface area contributed by atoms with Crippen LogP contribution in [0.5, 0.6) is 0 Å². The highest BCUT2D eigenvalue weighted by atomic mass is 32.2. The molecule has 0 spiro atoms. The molecule has 0 aromatic carbocycles. The number of sulfonamides is 1. The fourth-order valence-corrected chi connectivity index (χ4v) is 1.37. The molecule has 1 fully saturated rings. The van der Waals surface area contributed by atoms with Crippen LogP contribution in [0.1, 0.15) is 6.42 Å². The largest absolute Gasteiger partial charge is 0.302 e. The van der Waals surface area contributed by atoms with Crippen molar-refractivity contribution in [2.45, 2.75) is 6.42 Å². The van der Waals surface area contributed by atoms with E-state index in [0.717, 1.165) is 13.1 Å². The maximum Gasteiger partial charge on any atom is 0.210 e. The van der Waals surface area contributed by atoms with Crippen molar-refractivity contribution in [2.75, 3.05) is 25.4 Å². The molecule has 0 atom stereocenters. The summed E-state index contributed by atoms with van der Waals surface area (Å²) in [6.07, 6.45) is 1.19. The smallest absolute Gasteiger partial charge is 0.210 e. The van der Waals surface area contributed by atoms with Crippen molar-refractivity contribution in [3.63, 3.8) is 0 Å². The Morgan fingerprint density at radius 3 is 2.30 bits per heavy atom. The molecule has 60 valence electrons. The van der Waals surface area contributed by atoms with Crippen LogP contribution in [0.15, 0.2) is 0 Å². The number of likely N-dealkylation sites (tertiary alicyclic amines) is 1. The van der Waals surface area contributed by atoms with Crippen LogP contribution in [0.25, 0.3) is 0 Å². The number of hydrogen-bond donors (Lipinski definition) is 1. The van der Waals surface area contributed by atoms with E-state index in [-0.39, 0.29) is 5.75 Å². The highest BCUT2D eigenvalue weighted by Crippen LogP contribution is 2.03. The highest BCUT2D eigenvalue weighted by molar-refractivity contribution is 7.89. The van der Waals surface area contributed by atoms with Gasteiger partial charge in [-0.3, -0.25) is 0 Å². The van der Waals surface area contributed by atoms with E-state index in [4.69, 9.17) is 5.14 Å². The molecule has 1 aliphatic heterocycles. The van der Waals surface area contributed by atoms with Gasteiger partial charge >= 0.3 is 0 Å². The third-order valence-electron chi connectivity index (χ3n) is 1.64. The number of rotatable bonds is 3. The zero-order valence-corrected chi connectivity index (χ0v) is 6.60. The second-order valence-electron chi connectivity index (χ2n) is 2.56. The van der Waals surface area contributed by atoms with Crippen molar-refractivity contribution in [1.29, 1.82) is 0 Å². The molecule has 5 heteroatoms. The minimum Gasteiger partial charge on any atom is -0.302 e. The fraction of sp³-hybridized carbons (Fsp3) is 1.00. The van der Waals surface area contributed by atoms with Crippen LogP contribution in [0.3, 0.4) is 0 Å². The van der Waals surface area contributed by atoms with Crippen molar-refractivity contribution in [3.8, 4) is 0 Å². The summed E-state index contributed by atoms with van der Waals surface area (Å²) in [6, 6.07) is 0. The van der Waals surface area contributed by atoms with E-state index in [0.29, 0.717) is 6.54 Å². The molecule has 2 N–H and O–H groups in total. The SMILES string of the molecule is NS(=O)(=O)CCN1CCC1. The van der Waals surface area contributed by atoms with Crippen LogP contribution in [-0.4, -0.2) is 38.7 Å². The average molecular weight is 164 g/mol. The first-order valence-electron chi connectivity index (χ1n) is 3.31. The lowest BCUT2D eigenvalue weighted by Gasteiger charge is -2.29. The van der Waals surface area contributed by atoms with Gasteiger partial charge in [-0.2, -0.15) is 0 Å². The van der Waals surface area contributed by atoms with Crippen LogP contribution in [-0.2, 0) is 10.0 Å². The average Bonchev–Trinajstić information content (AvgIpc) is 1.56. The Kier molecular flexibility index (Phi) is 2.28. The molecule has 0 radical (unpaired) electrons. The van der Waals surface area contributed by atoms with E-state index in [2.05, 4.69) is 4.90 Å². The van der Waals surface area contributed by atoms with E-state index >= 15 is 0 Å². The molecule has 1 rings (SSSR count). The molecule has 10 heavy (non-hydrogen) atoms. The molecule has 0 aromatic heterocycles. The minimum absolute atomic E-state index is 0.0903. The van der Waals surface area contributed by atoms with E-state index in [9.17, 15) is 8.42 Å². The van der Waals surface area contributed by atoms with Gasteiger partial charge in [0.05, 0.1) is 5.75 Å². The van der Waals surface area contributed by atoms with Gasteiger partial charge in [-0.05, 0) is 19.5 Å². The first kappa shape index (κ1) is 7.97. The van der Waals surface area contributed by atoms with Gasteiger partial charge in [-0.15, -0.1) is 0 Å². The summed E-state index contributed by atoms with van der Waals surface area (Å²) in [5.74, 6) is 0.0903. The maximum absolute atomic E-state index is 10.4. The topological polar surface area (TPSA) is 63.4 Å². The van der Waals surface area contributed by atoms with Gasteiger partial charge in [0.25, 0.3) is 0 Å². The normalized spacial score (nSPS) is 20.5. The lowest BCUT2D eigenvalue weighted by Crippen LogP contribution is -2.41. The molecule has 0 bridgehead atoms. The van der Waals surface area contributed by atoms with Crippen LogP contribution in [0.4, 0.5) is 0 Å². The number of nitrogens with two attached hydrogens (primary N) is 1. The summed E-state index contributed by atoms with van der Waals surface area (Å²) >= 11 is 0. The van der Waals surface area contributed by atoms with E-state index in [1.54, 1.807) is 0 Å². The molecule has 0 unspecified atom stereocenters. The van der Waals surface area contributed by atoms with Gasteiger partial charge in [-0.1, -0.05) is 0 Å². The Hall–Kier alpha value is -0.130. The third kappa shape index (κ3) is 2.64. The van der Waals surface area contributed by atoms with Crippen molar-refractivity contribution >= 4 is 10.0 Å². The fourth-order valence-electron chi connectivity index (χ4n) is 0.862. The molecular formula is C5H12N2O2S. The summed E-state index contributed by atoms with van der Waals surface area (Å²) in [7, 11) is -3.24. The highest BCUT2D eigenvalue weighted by Gasteiger charge is 2.15. The van der Waals surface area contributed by atoms with Gasteiger partial charge < -0.3 is 4.90 Å². The Morgan fingerprint density at radius 2 is 2.00 bits per heavy atom. The number of nitrogens with zero attached hydrogens (tertiary/aromatic N) is 1. The van der Waals surface area contributed by atoms with E-state index in [1.807, 2.05) is 0 Å². The molecular weight excluding hydrogens is 152 g/mol. The molecule has 4 nitrogen and oxygen atoms in total. The second kappa shape index (κ2) is 2.86.